The Morgan fingerprint density at radius 2 is 1.95 bits per heavy atom. The number of hydrogen-bond donors (Lipinski definition) is 3. The van der Waals surface area contributed by atoms with Crippen molar-refractivity contribution < 1.29 is 29.7 Å². The fourth-order valence-corrected chi connectivity index (χ4v) is 1.76. The van der Waals surface area contributed by atoms with E-state index in [1.807, 2.05) is 0 Å². The molecule has 4 atom stereocenters. The number of para-hydroxylation sites is 1. The molecule has 0 amide bonds. The van der Waals surface area contributed by atoms with E-state index in [1.54, 1.807) is 18.2 Å². The minimum Gasteiger partial charge on any atom is -0.403 e. The van der Waals surface area contributed by atoms with Crippen molar-refractivity contribution in [3.8, 4) is 5.75 Å². The lowest BCUT2D eigenvalue weighted by molar-refractivity contribution is -0.700. The van der Waals surface area contributed by atoms with E-state index in [0.717, 1.165) is 0 Å². The molecule has 0 aromatic heterocycles. The first-order valence-corrected chi connectivity index (χ1v) is 5.54. The van der Waals surface area contributed by atoms with Crippen LogP contribution >= 0.6 is 0 Å². The summed E-state index contributed by atoms with van der Waals surface area (Å²) < 4.78 is 9.94. The molecule has 1 heterocycles. The molecule has 0 saturated carbocycles. The van der Waals surface area contributed by atoms with E-state index < -0.39 is 35.8 Å². The molecule has 0 radical (unpaired) electrons. The standard InChI is InChI=1S/C11H13NO7/c13-8-6-18-11(12(16)17,10(15)9(8)14)19-7-4-2-1-3-5-7/h1-5,8-10,13-15H,6H2/t8-,9+,10-,11-/m1/s1. The van der Waals surface area contributed by atoms with Gasteiger partial charge in [0.05, 0.1) is 6.61 Å². The number of rotatable bonds is 3. The fraction of sp³-hybridized carbons (Fsp3) is 0.455. The highest BCUT2D eigenvalue weighted by Crippen LogP contribution is 2.30. The molecule has 0 spiro atoms. The molecule has 0 unspecified atom stereocenters. The molecule has 1 aromatic carbocycles. The lowest BCUT2D eigenvalue weighted by Crippen LogP contribution is -2.67. The summed E-state index contributed by atoms with van der Waals surface area (Å²) >= 11 is 0. The maximum absolute atomic E-state index is 11.1. The lowest BCUT2D eigenvalue weighted by atomic mass is 10.0. The van der Waals surface area contributed by atoms with Crippen LogP contribution in [0.1, 0.15) is 0 Å². The van der Waals surface area contributed by atoms with Gasteiger partial charge in [-0.25, -0.2) is 0 Å². The molecule has 8 nitrogen and oxygen atoms in total. The zero-order valence-corrected chi connectivity index (χ0v) is 9.75. The summed E-state index contributed by atoms with van der Waals surface area (Å²) in [6.45, 7) is -0.522. The lowest BCUT2D eigenvalue weighted by Gasteiger charge is -2.37. The largest absolute Gasteiger partial charge is 0.513 e. The molecule has 0 bridgehead atoms. The van der Waals surface area contributed by atoms with Gasteiger partial charge in [-0.05, 0) is 12.1 Å². The zero-order valence-electron chi connectivity index (χ0n) is 9.75. The van der Waals surface area contributed by atoms with Gasteiger partial charge in [-0.15, -0.1) is 0 Å². The molecule has 1 saturated heterocycles. The van der Waals surface area contributed by atoms with Gasteiger partial charge in [-0.3, -0.25) is 14.9 Å². The van der Waals surface area contributed by atoms with Crippen molar-refractivity contribution in [2.45, 2.75) is 24.2 Å². The van der Waals surface area contributed by atoms with E-state index in [9.17, 15) is 25.4 Å². The molecule has 2 rings (SSSR count). The minimum atomic E-state index is -2.64. The average molecular weight is 271 g/mol. The maximum Gasteiger partial charge on any atom is 0.513 e. The smallest absolute Gasteiger partial charge is 0.403 e. The molecule has 1 aliphatic heterocycles. The number of benzene rings is 1. The van der Waals surface area contributed by atoms with E-state index in [1.165, 1.54) is 12.1 Å². The van der Waals surface area contributed by atoms with Gasteiger partial charge in [-0.2, -0.15) is 0 Å². The molecule has 3 N–H and O–H groups in total. The third-order valence-electron chi connectivity index (χ3n) is 2.81. The van der Waals surface area contributed by atoms with Gasteiger partial charge in [-0.1, -0.05) is 18.2 Å². The first-order valence-electron chi connectivity index (χ1n) is 5.54. The molecule has 104 valence electrons. The highest BCUT2D eigenvalue weighted by atomic mass is 16.8. The topological polar surface area (TPSA) is 122 Å². The Kier molecular flexibility index (Phi) is 3.67. The predicted octanol–water partition coefficient (Wildman–Crippen LogP) is -0.891. The van der Waals surface area contributed by atoms with Crippen molar-refractivity contribution in [1.82, 2.24) is 0 Å². The molecule has 19 heavy (non-hydrogen) atoms. The van der Waals surface area contributed by atoms with Crippen LogP contribution in [0.3, 0.4) is 0 Å². The Morgan fingerprint density at radius 1 is 1.32 bits per heavy atom. The summed E-state index contributed by atoms with van der Waals surface area (Å²) in [6, 6.07) is 7.74. The second-order valence-corrected chi connectivity index (χ2v) is 4.12. The molecule has 1 fully saturated rings. The van der Waals surface area contributed by atoms with Gasteiger partial charge in [0.2, 0.25) is 6.10 Å². The van der Waals surface area contributed by atoms with Crippen LogP contribution in [0.15, 0.2) is 30.3 Å². The van der Waals surface area contributed by atoms with Crippen LogP contribution in [0, 0.1) is 10.1 Å². The van der Waals surface area contributed by atoms with Crippen LogP contribution in [0.25, 0.3) is 0 Å². The second-order valence-electron chi connectivity index (χ2n) is 4.12. The second kappa shape index (κ2) is 5.10. The van der Waals surface area contributed by atoms with E-state index >= 15 is 0 Å². The SMILES string of the molecule is O=[N+]([O-])[C@@]1(Oc2ccccc2)OC[C@@H](O)[C@H](O)[C@H]1O. The number of ether oxygens (including phenoxy) is 2. The Balaban J connectivity index is 2.31. The fourth-order valence-electron chi connectivity index (χ4n) is 1.76. The van der Waals surface area contributed by atoms with Crippen molar-refractivity contribution >= 4 is 0 Å². The molecule has 1 aliphatic rings. The van der Waals surface area contributed by atoms with Crippen LogP contribution in [0.2, 0.25) is 0 Å². The van der Waals surface area contributed by atoms with Crippen LogP contribution in [0.4, 0.5) is 0 Å². The normalized spacial score (nSPS) is 34.8. The minimum absolute atomic E-state index is 0.0989. The number of nitrogens with zero attached hydrogens (tertiary/aromatic N) is 1. The van der Waals surface area contributed by atoms with E-state index in [0.29, 0.717) is 0 Å². The van der Waals surface area contributed by atoms with Crippen molar-refractivity contribution in [2.75, 3.05) is 6.61 Å². The van der Waals surface area contributed by atoms with Crippen LogP contribution in [-0.2, 0) is 4.74 Å². The predicted molar refractivity (Wildman–Crippen MR) is 60.8 cm³/mol. The summed E-state index contributed by atoms with van der Waals surface area (Å²) in [6.07, 6.45) is -5.17. The molecular weight excluding hydrogens is 258 g/mol. The number of aliphatic hydroxyl groups is 3. The average Bonchev–Trinajstić information content (AvgIpc) is 2.40. The van der Waals surface area contributed by atoms with Crippen LogP contribution < -0.4 is 4.74 Å². The van der Waals surface area contributed by atoms with Crippen molar-refractivity contribution in [3.05, 3.63) is 40.4 Å². The zero-order chi connectivity index (χ0) is 14.0. The Labute approximate surface area is 108 Å². The third kappa shape index (κ3) is 2.38. The number of nitro groups is 1. The quantitative estimate of drug-likeness (QED) is 0.370. The molecule has 0 aliphatic carbocycles. The van der Waals surface area contributed by atoms with E-state index in [4.69, 9.17) is 9.47 Å². The molecule has 1 aromatic rings. The summed E-state index contributed by atoms with van der Waals surface area (Å²) in [7, 11) is 0. The summed E-state index contributed by atoms with van der Waals surface area (Å²) in [4.78, 5) is 10.2. The number of aliphatic hydroxyl groups excluding tert-OH is 3. The highest BCUT2D eigenvalue weighted by Gasteiger charge is 2.63. The summed E-state index contributed by atoms with van der Waals surface area (Å²) in [5.41, 5.74) is 0. The third-order valence-corrected chi connectivity index (χ3v) is 2.81. The van der Waals surface area contributed by atoms with Gasteiger partial charge in [0, 0.05) is 0 Å². The van der Waals surface area contributed by atoms with E-state index in [2.05, 4.69) is 0 Å². The van der Waals surface area contributed by atoms with Gasteiger partial charge in [0.25, 0.3) is 0 Å². The molecular formula is C11H13NO7. The first kappa shape index (κ1) is 13.7. The van der Waals surface area contributed by atoms with Crippen LogP contribution in [-0.4, -0.2) is 51.1 Å². The monoisotopic (exact) mass is 271 g/mol. The Bertz CT molecular complexity index is 454. The first-order chi connectivity index (χ1) is 8.97. The van der Waals surface area contributed by atoms with E-state index in [-0.39, 0.29) is 5.75 Å². The van der Waals surface area contributed by atoms with Gasteiger partial charge in [0.1, 0.15) is 22.9 Å². The van der Waals surface area contributed by atoms with Crippen LogP contribution in [0.5, 0.6) is 5.75 Å². The maximum atomic E-state index is 11.1. The van der Waals surface area contributed by atoms with Crippen molar-refractivity contribution in [3.63, 3.8) is 0 Å². The van der Waals surface area contributed by atoms with Crippen molar-refractivity contribution in [1.29, 1.82) is 0 Å². The van der Waals surface area contributed by atoms with Crippen molar-refractivity contribution in [2.24, 2.45) is 0 Å². The Morgan fingerprint density at radius 3 is 2.53 bits per heavy atom. The van der Waals surface area contributed by atoms with Gasteiger partial charge < -0.3 is 20.1 Å². The summed E-state index contributed by atoms with van der Waals surface area (Å²) in [5.74, 6) is -2.54. The number of hydrogen-bond acceptors (Lipinski definition) is 7. The van der Waals surface area contributed by atoms with Gasteiger partial charge in [0.15, 0.2) is 0 Å². The van der Waals surface area contributed by atoms with Gasteiger partial charge >= 0.3 is 5.91 Å². The summed E-state index contributed by atoms with van der Waals surface area (Å²) in [5, 5.41) is 39.8. The molecule has 8 heteroatoms. The Hall–Kier alpha value is -1.74. The highest BCUT2D eigenvalue weighted by molar-refractivity contribution is 5.21.